The third kappa shape index (κ3) is 2.48. The highest BCUT2D eigenvalue weighted by atomic mass is 16.5. The van der Waals surface area contributed by atoms with Gasteiger partial charge in [-0.1, -0.05) is 41.6 Å². The van der Waals surface area contributed by atoms with Crippen LogP contribution in [0.15, 0.2) is 58.4 Å². The third-order valence-electron chi connectivity index (χ3n) is 6.08. The molecule has 1 aromatic carbocycles. The maximum absolute atomic E-state index is 12.7. The van der Waals surface area contributed by atoms with Crippen LogP contribution in [0, 0.1) is 11.8 Å². The van der Waals surface area contributed by atoms with Crippen molar-refractivity contribution in [1.82, 2.24) is 29.2 Å². The molecule has 0 amide bonds. The number of hydrogen-bond acceptors (Lipinski definition) is 7. The van der Waals surface area contributed by atoms with Crippen molar-refractivity contribution in [2.75, 3.05) is 0 Å². The predicted octanol–water partition coefficient (Wildman–Crippen LogP) is 1.35. The Morgan fingerprint density at radius 1 is 1.17 bits per heavy atom. The second-order valence-corrected chi connectivity index (χ2v) is 7.86. The lowest BCUT2D eigenvalue weighted by atomic mass is 9.98. The Labute approximate surface area is 170 Å². The average Bonchev–Trinajstić information content (AvgIpc) is 3.04. The minimum absolute atomic E-state index is 0.0411. The molecule has 0 saturated heterocycles. The largest absolute Gasteiger partial charge is 0.388 e. The quantitative estimate of drug-likeness (QED) is 0.548. The Kier molecular flexibility index (Phi) is 3.57. The van der Waals surface area contributed by atoms with E-state index in [1.54, 1.807) is 17.9 Å². The lowest BCUT2D eigenvalue weighted by Crippen LogP contribution is -2.22. The van der Waals surface area contributed by atoms with E-state index in [-0.39, 0.29) is 29.9 Å². The molecule has 2 aliphatic carbocycles. The first-order chi connectivity index (χ1) is 14.6. The van der Waals surface area contributed by atoms with Crippen molar-refractivity contribution in [3.63, 3.8) is 0 Å². The van der Waals surface area contributed by atoms with Gasteiger partial charge in [0.05, 0.1) is 12.4 Å². The number of rotatable bonds is 4. The van der Waals surface area contributed by atoms with Crippen LogP contribution in [0.5, 0.6) is 0 Å². The second-order valence-electron chi connectivity index (χ2n) is 7.86. The number of aromatic nitrogens is 6. The highest BCUT2D eigenvalue weighted by Gasteiger charge is 2.60. The van der Waals surface area contributed by atoms with Crippen LogP contribution in [0.2, 0.25) is 0 Å². The minimum atomic E-state index is -0.539. The molecule has 0 radical (unpaired) electrons. The zero-order chi connectivity index (χ0) is 20.4. The fourth-order valence-electron chi connectivity index (χ4n) is 4.53. The Hall–Kier alpha value is -3.59. The van der Waals surface area contributed by atoms with Gasteiger partial charge in [0.2, 0.25) is 5.89 Å². The van der Waals surface area contributed by atoms with E-state index in [0.717, 1.165) is 11.1 Å². The van der Waals surface area contributed by atoms with Gasteiger partial charge in [-0.05, 0) is 17.1 Å². The topological polar surface area (TPSA) is 112 Å². The number of aryl methyl sites for hydroxylation is 1. The zero-order valence-corrected chi connectivity index (χ0v) is 16.1. The average molecular weight is 402 g/mol. The van der Waals surface area contributed by atoms with Gasteiger partial charge in [0.15, 0.2) is 17.0 Å². The molecule has 6 rings (SSSR count). The molecule has 4 atom stereocenters. The summed E-state index contributed by atoms with van der Waals surface area (Å²) in [6.45, 7) is 0.135. The van der Waals surface area contributed by atoms with E-state index in [9.17, 15) is 9.90 Å². The van der Waals surface area contributed by atoms with Gasteiger partial charge in [0, 0.05) is 18.9 Å². The second kappa shape index (κ2) is 6.20. The van der Waals surface area contributed by atoms with Crippen molar-refractivity contribution < 1.29 is 9.63 Å². The summed E-state index contributed by atoms with van der Waals surface area (Å²) in [5, 5.41) is 14.9. The molecule has 2 aliphatic rings. The van der Waals surface area contributed by atoms with Gasteiger partial charge in [-0.25, -0.2) is 9.97 Å². The van der Waals surface area contributed by atoms with Crippen LogP contribution >= 0.6 is 0 Å². The molecular formula is C21H18N6O3. The molecule has 1 N–H and O–H groups in total. The first-order valence-corrected chi connectivity index (χ1v) is 9.76. The molecule has 0 spiro atoms. The van der Waals surface area contributed by atoms with Crippen LogP contribution in [-0.4, -0.2) is 40.5 Å². The summed E-state index contributed by atoms with van der Waals surface area (Å²) in [7, 11) is 1.75. The summed E-state index contributed by atoms with van der Waals surface area (Å²) < 4.78 is 8.46. The van der Waals surface area contributed by atoms with Gasteiger partial charge >= 0.3 is 0 Å². The van der Waals surface area contributed by atoms with Crippen LogP contribution in [0.1, 0.15) is 23.2 Å². The summed E-state index contributed by atoms with van der Waals surface area (Å²) in [6, 6.07) is 9.91. The van der Waals surface area contributed by atoms with Crippen LogP contribution in [-0.2, 0) is 13.6 Å². The normalized spacial score (nSPS) is 24.8. The van der Waals surface area contributed by atoms with E-state index < -0.39 is 6.10 Å². The summed E-state index contributed by atoms with van der Waals surface area (Å²) in [5.41, 5.74) is 2.63. The number of allylic oxidation sites excluding steroid dienone is 1. The van der Waals surface area contributed by atoms with Crippen LogP contribution in [0.3, 0.4) is 0 Å². The number of aliphatic hydroxyl groups excluding tert-OH is 1. The Bertz CT molecular complexity index is 1350. The van der Waals surface area contributed by atoms with Crippen molar-refractivity contribution in [1.29, 1.82) is 0 Å². The molecule has 30 heavy (non-hydrogen) atoms. The van der Waals surface area contributed by atoms with E-state index in [2.05, 4.69) is 26.2 Å². The minimum Gasteiger partial charge on any atom is -0.388 e. The van der Waals surface area contributed by atoms with Gasteiger partial charge in [0.25, 0.3) is 5.56 Å². The van der Waals surface area contributed by atoms with Gasteiger partial charge in [-0.15, -0.1) is 0 Å². The van der Waals surface area contributed by atoms with Gasteiger partial charge in [-0.3, -0.25) is 9.36 Å². The lowest BCUT2D eigenvalue weighted by molar-refractivity contribution is 0.208. The maximum atomic E-state index is 12.7. The van der Waals surface area contributed by atoms with Crippen molar-refractivity contribution in [3.05, 3.63) is 76.7 Å². The number of nitrogens with zero attached hydrogens (tertiary/aromatic N) is 6. The van der Waals surface area contributed by atoms with Crippen molar-refractivity contribution in [3.8, 4) is 0 Å². The van der Waals surface area contributed by atoms with E-state index in [0.29, 0.717) is 22.9 Å². The smallest absolute Gasteiger partial charge is 0.280 e. The van der Waals surface area contributed by atoms with Crippen molar-refractivity contribution in [2.45, 2.75) is 18.6 Å². The highest BCUT2D eigenvalue weighted by molar-refractivity contribution is 5.74. The zero-order valence-electron chi connectivity index (χ0n) is 16.1. The predicted molar refractivity (Wildman–Crippen MR) is 106 cm³/mol. The monoisotopic (exact) mass is 402 g/mol. The van der Waals surface area contributed by atoms with E-state index in [1.165, 1.54) is 10.9 Å². The summed E-state index contributed by atoms with van der Waals surface area (Å²) in [5.74, 6) is 1.23. The third-order valence-corrected chi connectivity index (χ3v) is 6.08. The van der Waals surface area contributed by atoms with Crippen LogP contribution < -0.4 is 5.56 Å². The highest BCUT2D eigenvalue weighted by Crippen LogP contribution is 2.62. The summed E-state index contributed by atoms with van der Waals surface area (Å²) >= 11 is 0. The fraction of sp³-hybridized carbons (Fsp3) is 0.286. The summed E-state index contributed by atoms with van der Waals surface area (Å²) in [6.07, 6.45) is 4.58. The maximum Gasteiger partial charge on any atom is 0.280 e. The standard InChI is InChI=1S/C21H18N6O3/c1-26-9-22-20-17(26)21(29)27(10-23-20)8-14-24-19(25-30-14)16-13-7-12(18(28)15(13)16)11-5-3-2-4-6-11/h2-7,9-10,13,15-16,18,28H,8H2,1H3. The molecule has 0 bridgehead atoms. The molecule has 9 heteroatoms. The molecule has 3 heterocycles. The van der Waals surface area contributed by atoms with E-state index >= 15 is 0 Å². The molecule has 4 unspecified atom stereocenters. The lowest BCUT2D eigenvalue weighted by Gasteiger charge is -2.12. The Morgan fingerprint density at radius 3 is 2.73 bits per heavy atom. The van der Waals surface area contributed by atoms with Crippen LogP contribution in [0.4, 0.5) is 0 Å². The van der Waals surface area contributed by atoms with Gasteiger partial charge in [0.1, 0.15) is 12.9 Å². The number of hydrogen-bond donors (Lipinski definition) is 1. The van der Waals surface area contributed by atoms with E-state index in [4.69, 9.17) is 4.52 Å². The summed E-state index contributed by atoms with van der Waals surface area (Å²) in [4.78, 5) is 25.5. The van der Waals surface area contributed by atoms with E-state index in [1.807, 2.05) is 30.3 Å². The molecule has 9 nitrogen and oxygen atoms in total. The molecule has 4 aromatic rings. The number of imidazole rings is 1. The molecule has 1 saturated carbocycles. The number of aliphatic hydroxyl groups is 1. The molecule has 3 aromatic heterocycles. The molecule has 150 valence electrons. The fourth-order valence-corrected chi connectivity index (χ4v) is 4.53. The molecule has 1 fully saturated rings. The number of fused-ring (bicyclic) bond motifs is 2. The van der Waals surface area contributed by atoms with Gasteiger partial charge < -0.3 is 14.2 Å². The Morgan fingerprint density at radius 2 is 1.97 bits per heavy atom. The first-order valence-electron chi connectivity index (χ1n) is 9.76. The molecular weight excluding hydrogens is 384 g/mol. The molecule has 0 aliphatic heterocycles. The first kappa shape index (κ1) is 17.3. The SMILES string of the molecule is Cn1cnc2ncn(Cc3nc(C4C5C=C(c6ccccc6)C(O)C54)no3)c(=O)c21. The van der Waals surface area contributed by atoms with Gasteiger partial charge in [-0.2, -0.15) is 4.98 Å². The number of benzene rings is 1. The Balaban J connectivity index is 1.24. The van der Waals surface area contributed by atoms with Crippen molar-refractivity contribution >= 4 is 16.7 Å². The van der Waals surface area contributed by atoms with Crippen LogP contribution in [0.25, 0.3) is 16.7 Å². The van der Waals surface area contributed by atoms with Crippen molar-refractivity contribution in [2.24, 2.45) is 18.9 Å².